The first-order valence-electron chi connectivity index (χ1n) is 11.7. The molecule has 0 amide bonds. The summed E-state index contributed by atoms with van der Waals surface area (Å²) in [5.74, 6) is 3.41. The number of benzene rings is 2. The summed E-state index contributed by atoms with van der Waals surface area (Å²) in [6.45, 7) is 3.94. The van der Waals surface area contributed by atoms with E-state index in [0.717, 1.165) is 35.5 Å². The van der Waals surface area contributed by atoms with E-state index in [-0.39, 0.29) is 29.4 Å². The van der Waals surface area contributed by atoms with Crippen LogP contribution in [0.2, 0.25) is 0 Å². The third-order valence-electron chi connectivity index (χ3n) is 6.72. The van der Waals surface area contributed by atoms with Crippen LogP contribution in [0.3, 0.4) is 0 Å². The van der Waals surface area contributed by atoms with Crippen LogP contribution >= 0.6 is 24.0 Å². The minimum absolute atomic E-state index is 0. The second kappa shape index (κ2) is 12.2. The Morgan fingerprint density at radius 3 is 2.35 bits per heavy atom. The van der Waals surface area contributed by atoms with Gasteiger partial charge >= 0.3 is 0 Å². The quantitative estimate of drug-likeness (QED) is 0.236. The fraction of sp³-hybridized carbons (Fsp3) is 0.423. The molecule has 34 heavy (non-hydrogen) atoms. The maximum atomic E-state index is 5.27. The summed E-state index contributed by atoms with van der Waals surface area (Å²) in [5.41, 5.74) is 2.68. The van der Waals surface area contributed by atoms with Crippen LogP contribution in [-0.2, 0) is 25.6 Å². The number of aryl methyl sites for hydroxylation is 1. The molecule has 7 nitrogen and oxygen atoms in total. The third-order valence-corrected chi connectivity index (χ3v) is 6.72. The molecule has 0 atom stereocenters. The highest BCUT2D eigenvalue weighted by molar-refractivity contribution is 14.0. The summed E-state index contributed by atoms with van der Waals surface area (Å²) in [5, 5.41) is 15.6. The fourth-order valence-electron chi connectivity index (χ4n) is 4.51. The normalized spacial score (nSPS) is 15.0. The average Bonchev–Trinajstić information content (AvgIpc) is 3.47. The summed E-state index contributed by atoms with van der Waals surface area (Å²) in [4.78, 5) is 4.88. The average molecular weight is 575 g/mol. The molecule has 0 spiro atoms. The highest BCUT2D eigenvalue weighted by Gasteiger charge is 2.35. The maximum Gasteiger partial charge on any atom is 0.192 e. The van der Waals surface area contributed by atoms with Gasteiger partial charge in [-0.1, -0.05) is 55.3 Å². The van der Waals surface area contributed by atoms with Gasteiger partial charge in [-0.2, -0.15) is 0 Å². The smallest absolute Gasteiger partial charge is 0.192 e. The van der Waals surface area contributed by atoms with E-state index in [1.54, 1.807) is 7.11 Å². The van der Waals surface area contributed by atoms with Gasteiger partial charge in [0.2, 0.25) is 0 Å². The molecule has 1 aromatic heterocycles. The molecule has 4 rings (SSSR count). The molecule has 1 fully saturated rings. The number of nitrogens with one attached hydrogen (secondary N) is 2. The van der Waals surface area contributed by atoms with E-state index in [2.05, 4.69) is 63.3 Å². The lowest BCUT2D eigenvalue weighted by atomic mass is 9.79. The Balaban J connectivity index is 0.00000324. The lowest BCUT2D eigenvalue weighted by Crippen LogP contribution is -2.44. The van der Waals surface area contributed by atoms with Crippen molar-refractivity contribution in [3.8, 4) is 5.75 Å². The Hall–Kier alpha value is -2.62. The lowest BCUT2D eigenvalue weighted by molar-refractivity contribution is 0.414. The number of ether oxygens (including phenoxy) is 1. The van der Waals surface area contributed by atoms with Crippen molar-refractivity contribution in [3.63, 3.8) is 0 Å². The number of methoxy groups -OCH3 is 1. The van der Waals surface area contributed by atoms with Gasteiger partial charge in [-0.15, -0.1) is 34.2 Å². The molecular weight excluding hydrogens is 539 g/mol. The monoisotopic (exact) mass is 574 g/mol. The molecule has 2 aromatic carbocycles. The van der Waals surface area contributed by atoms with Crippen molar-refractivity contribution in [1.29, 1.82) is 0 Å². The zero-order valence-corrected chi connectivity index (χ0v) is 22.6. The van der Waals surface area contributed by atoms with E-state index >= 15 is 0 Å². The summed E-state index contributed by atoms with van der Waals surface area (Å²) in [6, 6.07) is 18.9. The van der Waals surface area contributed by atoms with Crippen molar-refractivity contribution >= 4 is 29.9 Å². The standard InChI is InChI=1S/C26H34N6O.HI/c1-20-30-31-24(32(20)2)18-28-25(27-17-21-11-13-23(33-3)14-12-21)29-19-26(15-7-8-16-26)22-9-5-4-6-10-22;/h4-6,9-14H,7-8,15-19H2,1-3H3,(H2,27,28,29);1H. The number of rotatable bonds is 8. The molecule has 0 aliphatic heterocycles. The molecule has 8 heteroatoms. The number of hydrogen-bond donors (Lipinski definition) is 2. The molecular formula is C26H35IN6O. The maximum absolute atomic E-state index is 5.27. The Bertz CT molecular complexity index is 1060. The zero-order chi connectivity index (χ0) is 23.1. The molecule has 1 saturated carbocycles. The van der Waals surface area contributed by atoms with E-state index in [1.165, 1.54) is 31.2 Å². The van der Waals surface area contributed by atoms with Gasteiger partial charge < -0.3 is 19.9 Å². The number of hydrogen-bond acceptors (Lipinski definition) is 4. The van der Waals surface area contributed by atoms with Crippen LogP contribution in [0.15, 0.2) is 59.6 Å². The molecule has 3 aromatic rings. The van der Waals surface area contributed by atoms with Crippen molar-refractivity contribution in [1.82, 2.24) is 25.4 Å². The van der Waals surface area contributed by atoms with Crippen LogP contribution in [0.4, 0.5) is 0 Å². The van der Waals surface area contributed by atoms with Crippen LogP contribution in [-0.4, -0.2) is 34.4 Å². The zero-order valence-electron chi connectivity index (χ0n) is 20.3. The number of nitrogens with zero attached hydrogens (tertiary/aromatic N) is 4. The molecule has 2 N–H and O–H groups in total. The van der Waals surface area contributed by atoms with Crippen LogP contribution in [0, 0.1) is 6.92 Å². The molecule has 0 saturated heterocycles. The van der Waals surface area contributed by atoms with Crippen molar-refractivity contribution in [2.75, 3.05) is 13.7 Å². The van der Waals surface area contributed by atoms with Crippen molar-refractivity contribution in [2.45, 2.75) is 51.1 Å². The van der Waals surface area contributed by atoms with Crippen LogP contribution in [0.5, 0.6) is 5.75 Å². The van der Waals surface area contributed by atoms with E-state index < -0.39 is 0 Å². The summed E-state index contributed by atoms with van der Waals surface area (Å²) in [7, 11) is 3.66. The second-order valence-electron chi connectivity index (χ2n) is 8.80. The Morgan fingerprint density at radius 1 is 1.03 bits per heavy atom. The van der Waals surface area contributed by atoms with Crippen molar-refractivity contribution in [2.24, 2.45) is 12.0 Å². The van der Waals surface area contributed by atoms with Gasteiger partial charge in [0.05, 0.1) is 20.2 Å². The van der Waals surface area contributed by atoms with Gasteiger partial charge in [0, 0.05) is 19.0 Å². The highest BCUT2D eigenvalue weighted by atomic mass is 127. The number of guanidine groups is 1. The SMILES string of the molecule is COc1ccc(CN=C(NCc2nnc(C)n2C)NCC2(c3ccccc3)CCCC2)cc1.I. The Labute approximate surface area is 219 Å². The molecule has 1 heterocycles. The largest absolute Gasteiger partial charge is 0.497 e. The second-order valence-corrected chi connectivity index (χ2v) is 8.80. The van der Waals surface area contributed by atoms with Crippen LogP contribution in [0.1, 0.15) is 48.5 Å². The van der Waals surface area contributed by atoms with Gasteiger partial charge in [-0.3, -0.25) is 0 Å². The molecule has 1 aliphatic carbocycles. The van der Waals surface area contributed by atoms with Gasteiger partial charge in [-0.05, 0) is 43.0 Å². The summed E-state index contributed by atoms with van der Waals surface area (Å²) in [6.07, 6.45) is 4.91. The van der Waals surface area contributed by atoms with E-state index in [0.29, 0.717) is 13.1 Å². The minimum Gasteiger partial charge on any atom is -0.497 e. The number of halogens is 1. The summed E-state index contributed by atoms with van der Waals surface area (Å²) >= 11 is 0. The van der Waals surface area contributed by atoms with Crippen LogP contribution < -0.4 is 15.4 Å². The van der Waals surface area contributed by atoms with Gasteiger partial charge in [0.15, 0.2) is 11.8 Å². The fourth-order valence-corrected chi connectivity index (χ4v) is 4.51. The van der Waals surface area contributed by atoms with Gasteiger partial charge in [-0.25, -0.2) is 4.99 Å². The Kier molecular flexibility index (Phi) is 9.32. The van der Waals surface area contributed by atoms with Crippen molar-refractivity contribution < 1.29 is 4.74 Å². The topological polar surface area (TPSA) is 76.4 Å². The lowest BCUT2D eigenvalue weighted by Gasteiger charge is -2.31. The highest BCUT2D eigenvalue weighted by Crippen LogP contribution is 2.40. The first kappa shape index (κ1) is 26.0. The number of aliphatic imine (C=N–C) groups is 1. The molecule has 0 radical (unpaired) electrons. The van der Waals surface area contributed by atoms with E-state index in [1.807, 2.05) is 30.7 Å². The first-order valence-corrected chi connectivity index (χ1v) is 11.7. The van der Waals surface area contributed by atoms with Crippen molar-refractivity contribution in [3.05, 3.63) is 77.4 Å². The first-order chi connectivity index (χ1) is 16.1. The molecule has 0 bridgehead atoms. The van der Waals surface area contributed by atoms with Gasteiger partial charge in [0.25, 0.3) is 0 Å². The molecule has 1 aliphatic rings. The molecule has 0 unspecified atom stereocenters. The Morgan fingerprint density at radius 2 is 1.74 bits per heavy atom. The predicted molar refractivity (Wildman–Crippen MR) is 147 cm³/mol. The summed E-state index contributed by atoms with van der Waals surface area (Å²) < 4.78 is 7.27. The predicted octanol–water partition coefficient (Wildman–Crippen LogP) is 4.50. The van der Waals surface area contributed by atoms with E-state index in [4.69, 9.17) is 9.73 Å². The molecule has 182 valence electrons. The number of aromatic nitrogens is 3. The third kappa shape index (κ3) is 6.28. The van der Waals surface area contributed by atoms with Crippen LogP contribution in [0.25, 0.3) is 0 Å². The van der Waals surface area contributed by atoms with E-state index in [9.17, 15) is 0 Å². The van der Waals surface area contributed by atoms with Gasteiger partial charge in [0.1, 0.15) is 11.6 Å². The minimum atomic E-state index is 0.